The average molecular weight is 182 g/mol. The SMILES string of the molecule is Cc1cc(CN[C@H](C)CN)n(C)n1. The Balaban J connectivity index is 2.49. The summed E-state index contributed by atoms with van der Waals surface area (Å²) in [6.45, 7) is 5.56. The highest BCUT2D eigenvalue weighted by molar-refractivity contribution is 5.08. The summed E-state index contributed by atoms with van der Waals surface area (Å²) in [4.78, 5) is 0. The van der Waals surface area contributed by atoms with Gasteiger partial charge in [-0.2, -0.15) is 5.10 Å². The van der Waals surface area contributed by atoms with Gasteiger partial charge in [0, 0.05) is 26.2 Å². The predicted molar refractivity (Wildman–Crippen MR) is 53.3 cm³/mol. The third kappa shape index (κ3) is 2.82. The molecule has 0 radical (unpaired) electrons. The molecule has 0 spiro atoms. The van der Waals surface area contributed by atoms with Crippen LogP contribution in [0, 0.1) is 6.92 Å². The Labute approximate surface area is 79.1 Å². The molecule has 0 fully saturated rings. The number of hydrogen-bond donors (Lipinski definition) is 2. The first-order chi connectivity index (χ1) is 6.13. The first-order valence-corrected chi connectivity index (χ1v) is 4.56. The van der Waals surface area contributed by atoms with E-state index in [1.165, 1.54) is 5.69 Å². The van der Waals surface area contributed by atoms with Crippen LogP contribution in [0.2, 0.25) is 0 Å². The molecule has 4 heteroatoms. The highest BCUT2D eigenvalue weighted by atomic mass is 15.3. The van der Waals surface area contributed by atoms with Crippen LogP contribution >= 0.6 is 0 Å². The number of nitrogens with two attached hydrogens (primary N) is 1. The van der Waals surface area contributed by atoms with Gasteiger partial charge >= 0.3 is 0 Å². The molecule has 0 saturated carbocycles. The molecule has 0 bridgehead atoms. The summed E-state index contributed by atoms with van der Waals surface area (Å²) in [6.07, 6.45) is 0. The van der Waals surface area contributed by atoms with Crippen LogP contribution in [0.15, 0.2) is 6.07 Å². The summed E-state index contributed by atoms with van der Waals surface area (Å²) >= 11 is 0. The second-order valence-corrected chi connectivity index (χ2v) is 3.42. The van der Waals surface area contributed by atoms with E-state index in [-0.39, 0.29) is 0 Å². The summed E-state index contributed by atoms with van der Waals surface area (Å²) in [5.41, 5.74) is 7.74. The van der Waals surface area contributed by atoms with Crippen molar-refractivity contribution in [3.63, 3.8) is 0 Å². The molecule has 0 aliphatic heterocycles. The molecular formula is C9H18N4. The Morgan fingerprint density at radius 3 is 2.85 bits per heavy atom. The van der Waals surface area contributed by atoms with Crippen molar-refractivity contribution in [3.8, 4) is 0 Å². The van der Waals surface area contributed by atoms with E-state index in [0.717, 1.165) is 12.2 Å². The molecule has 0 aliphatic carbocycles. The molecule has 1 aromatic heterocycles. The molecule has 0 aliphatic rings. The second-order valence-electron chi connectivity index (χ2n) is 3.42. The summed E-state index contributed by atoms with van der Waals surface area (Å²) in [5, 5.41) is 7.58. The fourth-order valence-corrected chi connectivity index (χ4v) is 1.19. The van der Waals surface area contributed by atoms with Gasteiger partial charge in [0.2, 0.25) is 0 Å². The zero-order chi connectivity index (χ0) is 9.84. The quantitative estimate of drug-likeness (QED) is 0.697. The summed E-state index contributed by atoms with van der Waals surface area (Å²) in [7, 11) is 1.96. The highest BCUT2D eigenvalue weighted by Gasteiger charge is 2.03. The van der Waals surface area contributed by atoms with E-state index in [1.54, 1.807) is 0 Å². The maximum Gasteiger partial charge on any atom is 0.0597 e. The van der Waals surface area contributed by atoms with Gasteiger partial charge in [-0.1, -0.05) is 0 Å². The highest BCUT2D eigenvalue weighted by Crippen LogP contribution is 2.01. The zero-order valence-corrected chi connectivity index (χ0v) is 8.54. The summed E-state index contributed by atoms with van der Waals surface area (Å²) < 4.78 is 1.89. The third-order valence-corrected chi connectivity index (χ3v) is 2.08. The fraction of sp³-hybridized carbons (Fsp3) is 0.667. The van der Waals surface area contributed by atoms with Gasteiger partial charge < -0.3 is 11.1 Å². The molecule has 0 amide bonds. The van der Waals surface area contributed by atoms with E-state index in [4.69, 9.17) is 5.73 Å². The van der Waals surface area contributed by atoms with E-state index in [0.29, 0.717) is 12.6 Å². The number of nitrogens with one attached hydrogen (secondary N) is 1. The second kappa shape index (κ2) is 4.39. The van der Waals surface area contributed by atoms with Crippen molar-refractivity contribution in [2.45, 2.75) is 26.4 Å². The molecule has 74 valence electrons. The van der Waals surface area contributed by atoms with E-state index in [9.17, 15) is 0 Å². The van der Waals surface area contributed by atoms with Gasteiger partial charge in [-0.3, -0.25) is 4.68 Å². The van der Waals surface area contributed by atoms with Crippen LogP contribution in [-0.4, -0.2) is 22.4 Å². The summed E-state index contributed by atoms with van der Waals surface area (Å²) in [6, 6.07) is 2.44. The smallest absolute Gasteiger partial charge is 0.0597 e. The molecule has 4 nitrogen and oxygen atoms in total. The fourth-order valence-electron chi connectivity index (χ4n) is 1.19. The van der Waals surface area contributed by atoms with Crippen molar-refractivity contribution in [2.75, 3.05) is 6.54 Å². The van der Waals surface area contributed by atoms with Crippen molar-refractivity contribution in [3.05, 3.63) is 17.5 Å². The number of aromatic nitrogens is 2. The molecule has 1 atom stereocenters. The minimum Gasteiger partial charge on any atom is -0.329 e. The molecule has 3 N–H and O–H groups in total. The first-order valence-electron chi connectivity index (χ1n) is 4.56. The molecule has 13 heavy (non-hydrogen) atoms. The minimum atomic E-state index is 0.357. The Morgan fingerprint density at radius 1 is 1.69 bits per heavy atom. The maximum absolute atomic E-state index is 5.49. The number of rotatable bonds is 4. The van der Waals surface area contributed by atoms with Gasteiger partial charge in [-0.25, -0.2) is 0 Å². The van der Waals surface area contributed by atoms with Crippen LogP contribution < -0.4 is 11.1 Å². The Hall–Kier alpha value is -0.870. The monoisotopic (exact) mass is 182 g/mol. The lowest BCUT2D eigenvalue weighted by Crippen LogP contribution is -2.33. The van der Waals surface area contributed by atoms with Crippen LogP contribution in [0.4, 0.5) is 0 Å². The predicted octanol–water partition coefficient (Wildman–Crippen LogP) is 0.165. The van der Waals surface area contributed by atoms with Crippen molar-refractivity contribution < 1.29 is 0 Å². The van der Waals surface area contributed by atoms with Crippen LogP contribution in [0.1, 0.15) is 18.3 Å². The topological polar surface area (TPSA) is 55.9 Å². The lowest BCUT2D eigenvalue weighted by atomic mass is 10.3. The molecule has 0 aromatic carbocycles. The Kier molecular flexibility index (Phi) is 3.45. The Morgan fingerprint density at radius 2 is 2.38 bits per heavy atom. The van der Waals surface area contributed by atoms with Gasteiger partial charge in [0.15, 0.2) is 0 Å². The largest absolute Gasteiger partial charge is 0.329 e. The summed E-state index contributed by atoms with van der Waals surface area (Å²) in [5.74, 6) is 0. The van der Waals surface area contributed by atoms with Gasteiger partial charge in [0.05, 0.1) is 11.4 Å². The standard InChI is InChI=1S/C9H18N4/c1-7-4-9(13(3)12-7)6-11-8(2)5-10/h4,8,11H,5-6,10H2,1-3H3/t8-/m1/s1. The molecule has 1 rings (SSSR count). The van der Waals surface area contributed by atoms with Crippen LogP contribution in [0.3, 0.4) is 0 Å². The number of aryl methyl sites for hydroxylation is 2. The normalized spacial score (nSPS) is 13.2. The molecule has 1 aromatic rings. The molecule has 0 unspecified atom stereocenters. The molecule has 0 saturated heterocycles. The van der Waals surface area contributed by atoms with Gasteiger partial charge in [-0.05, 0) is 19.9 Å². The first kappa shape index (κ1) is 10.2. The van der Waals surface area contributed by atoms with Gasteiger partial charge in [-0.15, -0.1) is 0 Å². The van der Waals surface area contributed by atoms with Crippen LogP contribution in [0.25, 0.3) is 0 Å². The number of hydrogen-bond acceptors (Lipinski definition) is 3. The maximum atomic E-state index is 5.49. The average Bonchev–Trinajstić information content (AvgIpc) is 2.41. The van der Waals surface area contributed by atoms with E-state index in [2.05, 4.69) is 23.4 Å². The zero-order valence-electron chi connectivity index (χ0n) is 8.54. The van der Waals surface area contributed by atoms with Gasteiger partial charge in [0.25, 0.3) is 0 Å². The third-order valence-electron chi connectivity index (χ3n) is 2.08. The van der Waals surface area contributed by atoms with Gasteiger partial charge in [0.1, 0.15) is 0 Å². The van der Waals surface area contributed by atoms with E-state index in [1.807, 2.05) is 18.7 Å². The van der Waals surface area contributed by atoms with E-state index < -0.39 is 0 Å². The Bertz CT molecular complexity index is 267. The molecule has 1 heterocycles. The van der Waals surface area contributed by atoms with E-state index >= 15 is 0 Å². The van der Waals surface area contributed by atoms with Crippen LogP contribution in [0.5, 0.6) is 0 Å². The lowest BCUT2D eigenvalue weighted by molar-refractivity contribution is 0.535. The van der Waals surface area contributed by atoms with Crippen molar-refractivity contribution in [1.29, 1.82) is 0 Å². The van der Waals surface area contributed by atoms with Crippen molar-refractivity contribution in [1.82, 2.24) is 15.1 Å². The van der Waals surface area contributed by atoms with Crippen molar-refractivity contribution in [2.24, 2.45) is 12.8 Å². The van der Waals surface area contributed by atoms with Crippen molar-refractivity contribution >= 4 is 0 Å². The molecular weight excluding hydrogens is 164 g/mol. The lowest BCUT2D eigenvalue weighted by Gasteiger charge is -2.10. The minimum absolute atomic E-state index is 0.357. The number of nitrogens with zero attached hydrogens (tertiary/aromatic N) is 2. The van der Waals surface area contributed by atoms with Crippen LogP contribution in [-0.2, 0) is 13.6 Å².